The lowest BCUT2D eigenvalue weighted by atomic mass is 9.73. The number of unbranched alkanes of at least 4 members (excludes halogenated alkanes) is 1. The molecule has 0 bridgehead atoms. The highest BCUT2D eigenvalue weighted by atomic mass is 19.4. The zero-order chi connectivity index (χ0) is 41.4. The Kier molecular flexibility index (Phi) is 10.7. The van der Waals surface area contributed by atoms with Crippen molar-refractivity contribution < 1.29 is 40.7 Å². The number of anilines is 2. The van der Waals surface area contributed by atoms with Gasteiger partial charge < -0.3 is 24.8 Å². The second-order valence-electron chi connectivity index (χ2n) is 14.7. The third-order valence-corrected chi connectivity index (χ3v) is 11.1. The van der Waals surface area contributed by atoms with E-state index < -0.39 is 41.7 Å². The van der Waals surface area contributed by atoms with E-state index in [1.165, 1.54) is 12.1 Å². The Hall–Kier alpha value is -6.15. The summed E-state index contributed by atoms with van der Waals surface area (Å²) in [5.74, 6) is -0.513. The van der Waals surface area contributed by atoms with Gasteiger partial charge in [-0.05, 0) is 83.0 Å². The number of halogens is 6. The lowest BCUT2D eigenvalue weighted by Gasteiger charge is -2.31. The van der Waals surface area contributed by atoms with Crippen LogP contribution in [0.2, 0.25) is 0 Å². The van der Waals surface area contributed by atoms with Crippen LogP contribution in [0.15, 0.2) is 115 Å². The summed E-state index contributed by atoms with van der Waals surface area (Å²) in [4.78, 5) is 35.1. The van der Waals surface area contributed by atoms with Gasteiger partial charge in [-0.25, -0.2) is 4.98 Å². The van der Waals surface area contributed by atoms with Crippen LogP contribution in [0.4, 0.5) is 38.0 Å². The lowest BCUT2D eigenvalue weighted by molar-refractivity contribution is -0.141. The van der Waals surface area contributed by atoms with Gasteiger partial charge in [-0.2, -0.15) is 26.3 Å². The summed E-state index contributed by atoms with van der Waals surface area (Å²) in [5.41, 5.74) is 3.71. The number of hydrogen-bond donors (Lipinski definition) is 2. The molecule has 0 spiro atoms. The van der Waals surface area contributed by atoms with Crippen LogP contribution in [-0.2, 0) is 27.7 Å². The first-order valence-corrected chi connectivity index (χ1v) is 19.3. The van der Waals surface area contributed by atoms with E-state index in [9.17, 15) is 35.9 Å². The van der Waals surface area contributed by atoms with E-state index in [0.717, 1.165) is 28.8 Å². The maximum atomic E-state index is 14.1. The van der Waals surface area contributed by atoms with Crippen LogP contribution in [-0.4, -0.2) is 60.4 Å². The molecule has 1 aromatic heterocycles. The van der Waals surface area contributed by atoms with Crippen molar-refractivity contribution >= 4 is 34.5 Å². The fourth-order valence-corrected chi connectivity index (χ4v) is 8.37. The number of ether oxygens (including phenoxy) is 1. The molecule has 5 aromatic carbocycles. The van der Waals surface area contributed by atoms with Gasteiger partial charge in [0.25, 0.3) is 5.91 Å². The van der Waals surface area contributed by atoms with Gasteiger partial charge in [0.15, 0.2) is 0 Å². The maximum Gasteiger partial charge on any atom is 0.416 e. The van der Waals surface area contributed by atoms with Gasteiger partial charge in [-0.1, -0.05) is 84.9 Å². The molecule has 1 aliphatic heterocycles. The summed E-state index contributed by atoms with van der Waals surface area (Å²) in [6.07, 6.45) is -7.81. The molecule has 1 aliphatic carbocycles. The molecule has 0 radical (unpaired) electrons. The topological polar surface area (TPSA) is 88.5 Å². The molecule has 0 saturated carbocycles. The van der Waals surface area contributed by atoms with Gasteiger partial charge in [0.05, 0.1) is 30.0 Å². The highest BCUT2D eigenvalue weighted by molar-refractivity contribution is 6.11. The summed E-state index contributed by atoms with van der Waals surface area (Å²) in [7, 11) is 0. The molecule has 2 amide bonds. The zero-order valence-electron chi connectivity index (χ0n) is 31.7. The highest BCUT2D eigenvalue weighted by Crippen LogP contribution is 2.51. The standard InChI is InChI=1S/C45H39F6N5O3/c46-44(47,48)28-52-41(58)43(35-14-5-3-11-32(35)33-12-4-6-15-36(33)43)22-7-8-23-56-38-17-9-16-37(39(38)54-42(56)55-24-26-59-27-25-55)53-40(57)34-13-2-1-10-31(34)29-18-20-30(21-19-29)45(49,50)51/h1-6,9-21H,7-8,22-28H2,(H,52,58)(H,53,57). The van der Waals surface area contributed by atoms with Crippen molar-refractivity contribution in [2.45, 2.75) is 43.6 Å². The predicted octanol–water partition coefficient (Wildman–Crippen LogP) is 9.63. The van der Waals surface area contributed by atoms with E-state index in [-0.39, 0.29) is 12.0 Å². The van der Waals surface area contributed by atoms with Crippen molar-refractivity contribution in [3.63, 3.8) is 0 Å². The van der Waals surface area contributed by atoms with Crippen LogP contribution in [0.1, 0.15) is 46.3 Å². The fourth-order valence-electron chi connectivity index (χ4n) is 8.37. The number of hydrogen-bond acceptors (Lipinski definition) is 5. The number of imidazole rings is 1. The average molecular weight is 812 g/mol. The first-order chi connectivity index (χ1) is 28.3. The second-order valence-corrected chi connectivity index (χ2v) is 14.7. The van der Waals surface area contributed by atoms with Crippen molar-refractivity contribution in [1.29, 1.82) is 0 Å². The SMILES string of the molecule is O=C(Nc1cccc2c1nc(N1CCOCC1)n2CCCCC1(C(=O)NCC(F)(F)F)c2ccccc2-c2ccccc21)c1ccccc1-c1ccc(C(F)(F)F)cc1. The molecule has 2 aliphatic rings. The Morgan fingerprint density at radius 2 is 1.36 bits per heavy atom. The summed E-state index contributed by atoms with van der Waals surface area (Å²) in [6, 6.07) is 31.5. The number of morpholine rings is 1. The van der Waals surface area contributed by atoms with E-state index in [1.807, 2.05) is 42.5 Å². The molecular weight excluding hydrogens is 773 g/mol. The molecule has 1 saturated heterocycles. The number of rotatable bonds is 11. The number of fused-ring (bicyclic) bond motifs is 4. The molecular formula is C45H39F6N5O3. The third-order valence-electron chi connectivity index (χ3n) is 11.1. The normalized spacial score (nSPS) is 14.8. The molecule has 304 valence electrons. The zero-order valence-corrected chi connectivity index (χ0v) is 31.7. The van der Waals surface area contributed by atoms with Crippen molar-refractivity contribution in [3.8, 4) is 22.3 Å². The van der Waals surface area contributed by atoms with Crippen molar-refractivity contribution in [2.75, 3.05) is 43.1 Å². The minimum absolute atomic E-state index is 0.254. The number of carbonyl (C=O) groups is 2. The van der Waals surface area contributed by atoms with Crippen LogP contribution in [0, 0.1) is 0 Å². The quantitative estimate of drug-likeness (QED) is 0.101. The number of amides is 2. The van der Waals surface area contributed by atoms with Crippen LogP contribution in [0.5, 0.6) is 0 Å². The van der Waals surface area contributed by atoms with Gasteiger partial charge in [0, 0.05) is 25.2 Å². The summed E-state index contributed by atoms with van der Waals surface area (Å²) in [6.45, 7) is 1.12. The average Bonchev–Trinajstić information content (AvgIpc) is 3.76. The Morgan fingerprint density at radius 1 is 0.729 bits per heavy atom. The van der Waals surface area contributed by atoms with E-state index in [4.69, 9.17) is 9.72 Å². The molecule has 8 rings (SSSR count). The molecule has 1 fully saturated rings. The molecule has 14 heteroatoms. The molecule has 8 nitrogen and oxygen atoms in total. The summed E-state index contributed by atoms with van der Waals surface area (Å²) in [5, 5.41) is 5.19. The lowest BCUT2D eigenvalue weighted by Crippen LogP contribution is -2.47. The van der Waals surface area contributed by atoms with Crippen LogP contribution in [0.3, 0.4) is 0 Å². The van der Waals surface area contributed by atoms with Crippen molar-refractivity contribution in [3.05, 3.63) is 138 Å². The number of alkyl halides is 6. The number of para-hydroxylation sites is 1. The number of benzene rings is 5. The predicted molar refractivity (Wildman–Crippen MR) is 213 cm³/mol. The van der Waals surface area contributed by atoms with E-state index in [2.05, 4.69) is 20.1 Å². The molecule has 0 unspecified atom stereocenters. The van der Waals surface area contributed by atoms with Crippen molar-refractivity contribution in [1.82, 2.24) is 14.9 Å². The number of aromatic nitrogens is 2. The Balaban J connectivity index is 1.08. The Morgan fingerprint density at radius 3 is 2.00 bits per heavy atom. The number of nitrogens with one attached hydrogen (secondary N) is 2. The van der Waals surface area contributed by atoms with Crippen LogP contribution in [0.25, 0.3) is 33.3 Å². The Labute approximate surface area is 335 Å². The smallest absolute Gasteiger partial charge is 0.378 e. The van der Waals surface area contributed by atoms with Gasteiger partial charge >= 0.3 is 12.4 Å². The fraction of sp³-hybridized carbons (Fsp3) is 0.267. The molecule has 59 heavy (non-hydrogen) atoms. The van der Waals surface area contributed by atoms with Gasteiger partial charge in [-0.15, -0.1) is 0 Å². The largest absolute Gasteiger partial charge is 0.416 e. The van der Waals surface area contributed by atoms with E-state index in [1.54, 1.807) is 48.5 Å². The number of aryl methyl sites for hydroxylation is 1. The molecule has 6 aromatic rings. The van der Waals surface area contributed by atoms with E-state index in [0.29, 0.717) is 85.1 Å². The number of nitrogens with zero attached hydrogens (tertiary/aromatic N) is 3. The van der Waals surface area contributed by atoms with Crippen LogP contribution < -0.4 is 15.5 Å². The second kappa shape index (κ2) is 15.9. The molecule has 2 N–H and O–H groups in total. The van der Waals surface area contributed by atoms with E-state index >= 15 is 0 Å². The summed E-state index contributed by atoms with van der Waals surface area (Å²) < 4.78 is 87.8. The maximum absolute atomic E-state index is 14.1. The first kappa shape index (κ1) is 39.7. The van der Waals surface area contributed by atoms with Gasteiger partial charge in [0.1, 0.15) is 17.5 Å². The minimum Gasteiger partial charge on any atom is -0.378 e. The third kappa shape index (κ3) is 7.76. The molecule has 2 heterocycles. The molecule has 0 atom stereocenters. The van der Waals surface area contributed by atoms with Gasteiger partial charge in [-0.3, -0.25) is 9.59 Å². The Bertz CT molecular complexity index is 2460. The van der Waals surface area contributed by atoms with Gasteiger partial charge in [0.2, 0.25) is 11.9 Å². The summed E-state index contributed by atoms with van der Waals surface area (Å²) >= 11 is 0. The van der Waals surface area contributed by atoms with Crippen molar-refractivity contribution in [2.24, 2.45) is 0 Å². The highest BCUT2D eigenvalue weighted by Gasteiger charge is 2.49. The monoisotopic (exact) mass is 811 g/mol. The first-order valence-electron chi connectivity index (χ1n) is 19.3. The van der Waals surface area contributed by atoms with Crippen LogP contribution >= 0.6 is 0 Å². The number of carbonyl (C=O) groups excluding carboxylic acids is 2. The minimum atomic E-state index is -4.58.